The summed E-state index contributed by atoms with van der Waals surface area (Å²) < 4.78 is 31.7. The van der Waals surface area contributed by atoms with Crippen molar-refractivity contribution < 1.29 is 42.6 Å². The molecule has 0 atom stereocenters. The molecule has 0 aliphatic heterocycles. The van der Waals surface area contributed by atoms with Crippen molar-refractivity contribution in [2.75, 3.05) is 11.4 Å². The van der Waals surface area contributed by atoms with Crippen LogP contribution in [0.3, 0.4) is 0 Å². The molecule has 0 fully saturated rings. The second kappa shape index (κ2) is 15.8. The third-order valence-electron chi connectivity index (χ3n) is 5.94. The van der Waals surface area contributed by atoms with Crippen LogP contribution in [0.1, 0.15) is 50.2 Å². The van der Waals surface area contributed by atoms with Crippen LogP contribution in [0.2, 0.25) is 0 Å². The SMILES string of the molecule is NCc1cccc(N(CC(=O)O)C(=O)c2ccccc2)c1.O=C(O)C(F)(F)F.O=NC(=O)c1ccc2c(c1)CCCC2. The fourth-order valence-corrected chi connectivity index (χ4v) is 3.92. The topological polar surface area (TPSA) is 167 Å². The predicted molar refractivity (Wildman–Crippen MR) is 147 cm³/mol. The number of hydrogen-bond acceptors (Lipinski definition) is 6. The van der Waals surface area contributed by atoms with Crippen LogP contribution < -0.4 is 10.6 Å². The number of anilines is 1. The van der Waals surface area contributed by atoms with Gasteiger partial charge in [0.2, 0.25) is 0 Å². The quantitative estimate of drug-likeness (QED) is 0.339. The minimum absolute atomic E-state index is 0.328. The van der Waals surface area contributed by atoms with Crippen LogP contribution in [0, 0.1) is 4.91 Å². The van der Waals surface area contributed by atoms with Crippen molar-refractivity contribution in [3.05, 3.63) is 106 Å². The highest BCUT2D eigenvalue weighted by atomic mass is 19.4. The van der Waals surface area contributed by atoms with Crippen LogP contribution in [0.5, 0.6) is 0 Å². The fourth-order valence-electron chi connectivity index (χ4n) is 3.92. The van der Waals surface area contributed by atoms with E-state index in [1.165, 1.54) is 28.9 Å². The number of halogens is 3. The first-order chi connectivity index (χ1) is 19.9. The van der Waals surface area contributed by atoms with Crippen molar-refractivity contribution in [3.8, 4) is 0 Å². The Bertz CT molecular complexity index is 1410. The zero-order chi connectivity index (χ0) is 31.3. The van der Waals surface area contributed by atoms with E-state index in [1.807, 2.05) is 12.1 Å². The van der Waals surface area contributed by atoms with Gasteiger partial charge in [-0.2, -0.15) is 13.2 Å². The maximum Gasteiger partial charge on any atom is 0.490 e. The van der Waals surface area contributed by atoms with Crippen molar-refractivity contribution in [3.63, 3.8) is 0 Å². The Morgan fingerprint density at radius 3 is 2.00 bits per heavy atom. The lowest BCUT2D eigenvalue weighted by Crippen LogP contribution is -2.35. The number of nitrogens with two attached hydrogens (primary N) is 1. The molecule has 0 radical (unpaired) electrons. The number of amides is 2. The molecule has 0 saturated heterocycles. The molecule has 0 saturated carbocycles. The number of hydrogen-bond donors (Lipinski definition) is 3. The van der Waals surface area contributed by atoms with E-state index in [0.29, 0.717) is 23.4 Å². The van der Waals surface area contributed by atoms with Crippen molar-refractivity contribution in [2.24, 2.45) is 10.9 Å². The molecule has 0 bridgehead atoms. The molecule has 0 spiro atoms. The van der Waals surface area contributed by atoms with E-state index < -0.39 is 30.6 Å². The van der Waals surface area contributed by atoms with Gasteiger partial charge in [-0.3, -0.25) is 19.3 Å². The van der Waals surface area contributed by atoms with Gasteiger partial charge < -0.3 is 15.9 Å². The van der Waals surface area contributed by atoms with Crippen LogP contribution in [-0.4, -0.2) is 46.7 Å². The molecule has 13 heteroatoms. The smallest absolute Gasteiger partial charge is 0.480 e. The summed E-state index contributed by atoms with van der Waals surface area (Å²) in [5.41, 5.74) is 10.3. The third kappa shape index (κ3) is 10.2. The molecule has 0 aromatic heterocycles. The molecule has 0 unspecified atom stereocenters. The number of fused-ring (bicyclic) bond motifs is 1. The fraction of sp³-hybridized carbons (Fsp3) is 0.241. The van der Waals surface area contributed by atoms with Gasteiger partial charge in [-0.25, -0.2) is 4.79 Å². The molecular formula is C29H28F3N3O7. The van der Waals surface area contributed by atoms with Gasteiger partial charge in [0.1, 0.15) is 6.54 Å². The Labute approximate surface area is 238 Å². The third-order valence-corrected chi connectivity index (χ3v) is 5.94. The Hall–Kier alpha value is -4.91. The van der Waals surface area contributed by atoms with Crippen LogP contribution in [0.4, 0.5) is 18.9 Å². The number of carboxylic acids is 2. The van der Waals surface area contributed by atoms with E-state index in [9.17, 15) is 32.5 Å². The number of carbonyl (C=O) groups is 4. The second-order valence-corrected chi connectivity index (χ2v) is 8.92. The first-order valence-electron chi connectivity index (χ1n) is 12.5. The molecule has 1 aliphatic rings. The van der Waals surface area contributed by atoms with E-state index in [1.54, 1.807) is 60.7 Å². The van der Waals surface area contributed by atoms with Gasteiger partial charge in [-0.1, -0.05) is 36.4 Å². The van der Waals surface area contributed by atoms with Crippen LogP contribution >= 0.6 is 0 Å². The number of nitrogens with zero attached hydrogens (tertiary/aromatic N) is 2. The monoisotopic (exact) mass is 587 g/mol. The number of carbonyl (C=O) groups excluding carboxylic acids is 2. The highest BCUT2D eigenvalue weighted by Crippen LogP contribution is 2.22. The number of aliphatic carboxylic acids is 2. The largest absolute Gasteiger partial charge is 0.490 e. The summed E-state index contributed by atoms with van der Waals surface area (Å²) in [4.78, 5) is 54.8. The lowest BCUT2D eigenvalue weighted by atomic mass is 9.90. The summed E-state index contributed by atoms with van der Waals surface area (Å²) in [6.45, 7) is -0.0734. The minimum atomic E-state index is -5.08. The number of alkyl halides is 3. The van der Waals surface area contributed by atoms with Gasteiger partial charge in [0, 0.05) is 28.5 Å². The van der Waals surface area contributed by atoms with Crippen molar-refractivity contribution in [2.45, 2.75) is 38.4 Å². The Morgan fingerprint density at radius 1 is 0.833 bits per heavy atom. The molecular weight excluding hydrogens is 559 g/mol. The van der Waals surface area contributed by atoms with E-state index in [2.05, 4.69) is 5.18 Å². The Kier molecular flexibility index (Phi) is 12.5. The molecule has 0 heterocycles. The average Bonchev–Trinajstić information content (AvgIpc) is 2.99. The van der Waals surface area contributed by atoms with E-state index in [-0.39, 0.29) is 5.91 Å². The molecule has 3 aromatic carbocycles. The van der Waals surface area contributed by atoms with Gasteiger partial charge in [0.05, 0.1) is 0 Å². The van der Waals surface area contributed by atoms with E-state index in [0.717, 1.165) is 18.4 Å². The Balaban J connectivity index is 0.000000252. The van der Waals surface area contributed by atoms with Gasteiger partial charge in [0.15, 0.2) is 0 Å². The number of carboxylic acid groups (broad SMARTS) is 2. The average molecular weight is 588 g/mol. The normalized spacial score (nSPS) is 11.8. The molecule has 1 aliphatic carbocycles. The number of aryl methyl sites for hydroxylation is 2. The van der Waals surface area contributed by atoms with Gasteiger partial charge in [0.25, 0.3) is 5.91 Å². The maximum absolute atomic E-state index is 12.5. The van der Waals surface area contributed by atoms with Crippen LogP contribution in [0.15, 0.2) is 78.0 Å². The zero-order valence-corrected chi connectivity index (χ0v) is 22.2. The highest BCUT2D eigenvalue weighted by Gasteiger charge is 2.38. The molecule has 4 N–H and O–H groups in total. The molecule has 222 valence electrons. The predicted octanol–water partition coefficient (Wildman–Crippen LogP) is 4.98. The molecule has 4 rings (SSSR count). The van der Waals surface area contributed by atoms with E-state index in [4.69, 9.17) is 20.7 Å². The number of nitroso groups, excluding NO2 is 1. The summed E-state index contributed by atoms with van der Waals surface area (Å²) in [7, 11) is 0. The van der Waals surface area contributed by atoms with Crippen LogP contribution in [0.25, 0.3) is 0 Å². The van der Waals surface area contributed by atoms with Gasteiger partial charge >= 0.3 is 24.0 Å². The maximum atomic E-state index is 12.5. The lowest BCUT2D eigenvalue weighted by Gasteiger charge is -2.21. The van der Waals surface area contributed by atoms with Crippen molar-refractivity contribution in [1.29, 1.82) is 0 Å². The second-order valence-electron chi connectivity index (χ2n) is 8.92. The minimum Gasteiger partial charge on any atom is -0.480 e. The first kappa shape index (κ1) is 33.3. The van der Waals surface area contributed by atoms with Crippen molar-refractivity contribution >= 4 is 29.4 Å². The summed E-state index contributed by atoms with van der Waals surface area (Å²) in [6, 6.07) is 21.0. The molecule has 2 amide bonds. The standard InChI is InChI=1S/C16H16N2O3.C11H11NO2.C2HF3O2/c17-10-12-5-4-8-14(9-12)18(11-15(19)20)16(21)13-6-2-1-3-7-13;13-11(12-14)10-6-5-8-3-1-2-4-9(8)7-10;3-2(4,5)1(6)7/h1-9H,10-11,17H2,(H,19,20);5-7H,1-4H2;(H,6,7). The van der Waals surface area contributed by atoms with E-state index >= 15 is 0 Å². The molecule has 42 heavy (non-hydrogen) atoms. The first-order valence-corrected chi connectivity index (χ1v) is 12.5. The number of benzene rings is 3. The molecule has 10 nitrogen and oxygen atoms in total. The zero-order valence-electron chi connectivity index (χ0n) is 22.2. The number of rotatable bonds is 6. The summed E-state index contributed by atoms with van der Waals surface area (Å²) >= 11 is 0. The van der Waals surface area contributed by atoms with Gasteiger partial charge in [-0.05, 0) is 78.8 Å². The summed E-state index contributed by atoms with van der Waals surface area (Å²) in [6.07, 6.45) is -0.612. The van der Waals surface area contributed by atoms with Gasteiger partial charge in [-0.15, -0.1) is 4.91 Å². The van der Waals surface area contributed by atoms with Crippen molar-refractivity contribution in [1.82, 2.24) is 0 Å². The van der Waals surface area contributed by atoms with Crippen LogP contribution in [-0.2, 0) is 29.0 Å². The Morgan fingerprint density at radius 2 is 1.45 bits per heavy atom. The lowest BCUT2D eigenvalue weighted by molar-refractivity contribution is -0.192. The summed E-state index contributed by atoms with van der Waals surface area (Å²) in [5, 5.41) is 18.6. The molecule has 3 aromatic rings. The summed E-state index contributed by atoms with van der Waals surface area (Å²) in [5.74, 6) is -4.85. The highest BCUT2D eigenvalue weighted by molar-refractivity contribution is 6.08.